The standard InChI is InChI=1S/C11H17IN4/c1-11(2)8-16(5-4-15(11)3)10-13-6-9(12)7-14-10/h6-7H,4-5,8H2,1-3H3. The molecule has 5 heteroatoms. The summed E-state index contributed by atoms with van der Waals surface area (Å²) in [5, 5.41) is 0. The second kappa shape index (κ2) is 4.44. The molecule has 0 aliphatic carbocycles. The van der Waals surface area contributed by atoms with Gasteiger partial charge in [0.2, 0.25) is 5.95 Å². The van der Waals surface area contributed by atoms with Crippen LogP contribution in [-0.4, -0.2) is 47.1 Å². The van der Waals surface area contributed by atoms with Crippen molar-refractivity contribution in [3.05, 3.63) is 16.0 Å². The largest absolute Gasteiger partial charge is 0.338 e. The molecule has 1 saturated heterocycles. The van der Waals surface area contributed by atoms with Gasteiger partial charge in [0.1, 0.15) is 0 Å². The predicted molar refractivity (Wildman–Crippen MR) is 73.7 cm³/mol. The van der Waals surface area contributed by atoms with Crippen LogP contribution in [0.3, 0.4) is 0 Å². The SMILES string of the molecule is CN1CCN(c2ncc(I)cn2)CC1(C)C. The molecule has 1 aliphatic rings. The molecule has 0 aromatic carbocycles. The van der Waals surface area contributed by atoms with Crippen molar-refractivity contribution >= 4 is 28.5 Å². The highest BCUT2D eigenvalue weighted by Gasteiger charge is 2.31. The third-order valence-electron chi connectivity index (χ3n) is 3.21. The molecule has 1 aromatic rings. The average Bonchev–Trinajstić information content (AvgIpc) is 2.23. The summed E-state index contributed by atoms with van der Waals surface area (Å²) >= 11 is 2.23. The first kappa shape index (κ1) is 12.0. The molecule has 0 unspecified atom stereocenters. The van der Waals surface area contributed by atoms with Crippen molar-refractivity contribution in [1.82, 2.24) is 14.9 Å². The third-order valence-corrected chi connectivity index (χ3v) is 3.76. The van der Waals surface area contributed by atoms with Gasteiger partial charge in [-0.1, -0.05) is 0 Å². The molecule has 1 fully saturated rings. The highest BCUT2D eigenvalue weighted by molar-refractivity contribution is 14.1. The van der Waals surface area contributed by atoms with Gasteiger partial charge in [-0.2, -0.15) is 0 Å². The Balaban J connectivity index is 2.14. The molecule has 0 atom stereocenters. The van der Waals surface area contributed by atoms with Crippen LogP contribution in [-0.2, 0) is 0 Å². The summed E-state index contributed by atoms with van der Waals surface area (Å²) in [6.07, 6.45) is 3.74. The first-order valence-electron chi connectivity index (χ1n) is 5.43. The van der Waals surface area contributed by atoms with Crippen LogP contribution in [0.2, 0.25) is 0 Å². The van der Waals surface area contributed by atoms with Crippen LogP contribution in [0.15, 0.2) is 12.4 Å². The Bertz CT molecular complexity index is 363. The number of anilines is 1. The van der Waals surface area contributed by atoms with Gasteiger partial charge in [0.15, 0.2) is 0 Å². The summed E-state index contributed by atoms with van der Waals surface area (Å²) in [4.78, 5) is 13.4. The summed E-state index contributed by atoms with van der Waals surface area (Å²) in [6.45, 7) is 7.55. The van der Waals surface area contributed by atoms with Gasteiger partial charge in [-0.25, -0.2) is 9.97 Å². The zero-order valence-electron chi connectivity index (χ0n) is 9.94. The Morgan fingerprint density at radius 2 is 1.88 bits per heavy atom. The van der Waals surface area contributed by atoms with E-state index in [0.717, 1.165) is 29.2 Å². The van der Waals surface area contributed by atoms with Gasteiger partial charge in [-0.05, 0) is 43.5 Å². The number of nitrogens with zero attached hydrogens (tertiary/aromatic N) is 4. The van der Waals surface area contributed by atoms with Crippen molar-refractivity contribution in [2.45, 2.75) is 19.4 Å². The van der Waals surface area contributed by atoms with Crippen molar-refractivity contribution in [3.63, 3.8) is 0 Å². The van der Waals surface area contributed by atoms with Crippen molar-refractivity contribution < 1.29 is 0 Å². The van der Waals surface area contributed by atoms with Crippen LogP contribution in [0.5, 0.6) is 0 Å². The van der Waals surface area contributed by atoms with E-state index in [2.05, 4.69) is 63.3 Å². The highest BCUT2D eigenvalue weighted by Crippen LogP contribution is 2.21. The maximum atomic E-state index is 4.38. The summed E-state index contributed by atoms with van der Waals surface area (Å²) in [7, 11) is 2.17. The van der Waals surface area contributed by atoms with Crippen molar-refractivity contribution in [2.75, 3.05) is 31.6 Å². The number of piperazine rings is 1. The molecule has 0 N–H and O–H groups in total. The fraction of sp³-hybridized carbons (Fsp3) is 0.636. The molecule has 1 aromatic heterocycles. The second-order valence-electron chi connectivity index (χ2n) is 4.86. The van der Waals surface area contributed by atoms with E-state index in [-0.39, 0.29) is 5.54 Å². The molecule has 16 heavy (non-hydrogen) atoms. The molecule has 4 nitrogen and oxygen atoms in total. The van der Waals surface area contributed by atoms with Crippen LogP contribution >= 0.6 is 22.6 Å². The Labute approximate surface area is 110 Å². The molecule has 0 amide bonds. The molecular weight excluding hydrogens is 315 g/mol. The minimum Gasteiger partial charge on any atom is -0.338 e. The van der Waals surface area contributed by atoms with E-state index in [1.54, 1.807) is 0 Å². The lowest BCUT2D eigenvalue weighted by Crippen LogP contribution is -2.58. The summed E-state index contributed by atoms with van der Waals surface area (Å²) in [6, 6.07) is 0. The van der Waals surface area contributed by atoms with Gasteiger partial charge in [-0.3, -0.25) is 4.90 Å². The first-order chi connectivity index (χ1) is 7.49. The second-order valence-corrected chi connectivity index (χ2v) is 6.10. The van der Waals surface area contributed by atoms with E-state index < -0.39 is 0 Å². The molecule has 0 radical (unpaired) electrons. The lowest BCUT2D eigenvalue weighted by atomic mass is 10.0. The van der Waals surface area contributed by atoms with Crippen LogP contribution < -0.4 is 4.90 Å². The fourth-order valence-electron chi connectivity index (χ4n) is 1.88. The molecule has 2 rings (SSSR count). The monoisotopic (exact) mass is 332 g/mol. The zero-order chi connectivity index (χ0) is 11.8. The van der Waals surface area contributed by atoms with Crippen LogP contribution in [0.25, 0.3) is 0 Å². The number of hydrogen-bond donors (Lipinski definition) is 0. The summed E-state index contributed by atoms with van der Waals surface area (Å²) in [5.41, 5.74) is 0.185. The Morgan fingerprint density at radius 3 is 2.44 bits per heavy atom. The van der Waals surface area contributed by atoms with E-state index in [4.69, 9.17) is 0 Å². The van der Waals surface area contributed by atoms with E-state index >= 15 is 0 Å². The van der Waals surface area contributed by atoms with E-state index in [1.165, 1.54) is 0 Å². The molecule has 88 valence electrons. The summed E-state index contributed by atoms with van der Waals surface area (Å²) in [5.74, 6) is 0.849. The average molecular weight is 332 g/mol. The Morgan fingerprint density at radius 1 is 1.25 bits per heavy atom. The van der Waals surface area contributed by atoms with E-state index in [1.807, 2.05) is 12.4 Å². The summed E-state index contributed by atoms with van der Waals surface area (Å²) < 4.78 is 1.08. The molecular formula is C11H17IN4. The van der Waals surface area contributed by atoms with Crippen LogP contribution in [0.1, 0.15) is 13.8 Å². The Hall–Kier alpha value is -0.430. The molecule has 2 heterocycles. The number of halogens is 1. The smallest absolute Gasteiger partial charge is 0.225 e. The van der Waals surface area contributed by atoms with Crippen LogP contribution in [0, 0.1) is 3.57 Å². The van der Waals surface area contributed by atoms with Gasteiger partial charge in [0.05, 0.1) is 0 Å². The maximum absolute atomic E-state index is 4.38. The molecule has 0 spiro atoms. The topological polar surface area (TPSA) is 32.3 Å². The van der Waals surface area contributed by atoms with Gasteiger partial charge in [-0.15, -0.1) is 0 Å². The van der Waals surface area contributed by atoms with Crippen LogP contribution in [0.4, 0.5) is 5.95 Å². The first-order valence-corrected chi connectivity index (χ1v) is 6.51. The minimum absolute atomic E-state index is 0.185. The predicted octanol–water partition coefficient (Wildman–Crippen LogP) is 1.61. The number of hydrogen-bond acceptors (Lipinski definition) is 4. The number of likely N-dealkylation sites (N-methyl/N-ethyl adjacent to an activating group) is 1. The highest BCUT2D eigenvalue weighted by atomic mass is 127. The molecule has 0 saturated carbocycles. The van der Waals surface area contributed by atoms with Gasteiger partial charge >= 0.3 is 0 Å². The van der Waals surface area contributed by atoms with Crippen molar-refractivity contribution in [2.24, 2.45) is 0 Å². The van der Waals surface area contributed by atoms with Crippen molar-refractivity contribution in [1.29, 1.82) is 0 Å². The fourth-order valence-corrected chi connectivity index (χ4v) is 2.16. The van der Waals surface area contributed by atoms with Gasteiger partial charge in [0.25, 0.3) is 0 Å². The van der Waals surface area contributed by atoms with E-state index in [9.17, 15) is 0 Å². The van der Waals surface area contributed by atoms with Gasteiger partial charge < -0.3 is 4.90 Å². The maximum Gasteiger partial charge on any atom is 0.225 e. The lowest BCUT2D eigenvalue weighted by molar-refractivity contribution is 0.138. The molecule has 0 bridgehead atoms. The Kier molecular flexibility index (Phi) is 3.34. The van der Waals surface area contributed by atoms with E-state index in [0.29, 0.717) is 0 Å². The minimum atomic E-state index is 0.185. The molecule has 1 aliphatic heterocycles. The zero-order valence-corrected chi connectivity index (χ0v) is 12.1. The number of aromatic nitrogens is 2. The lowest BCUT2D eigenvalue weighted by Gasteiger charge is -2.45. The van der Waals surface area contributed by atoms with Gasteiger partial charge in [0, 0.05) is 41.1 Å². The number of rotatable bonds is 1. The van der Waals surface area contributed by atoms with Crippen molar-refractivity contribution in [3.8, 4) is 0 Å². The third kappa shape index (κ3) is 2.45. The quantitative estimate of drug-likeness (QED) is 0.732. The normalized spacial score (nSPS) is 21.1.